The average molecular weight is 492 g/mol. The molecule has 8 nitrogen and oxygen atoms in total. The van der Waals surface area contributed by atoms with Crippen LogP contribution in [0.2, 0.25) is 5.02 Å². The van der Waals surface area contributed by atoms with Crippen LogP contribution in [-0.2, 0) is 17.5 Å². The summed E-state index contributed by atoms with van der Waals surface area (Å²) in [5.74, 6) is -0.218. The highest BCUT2D eigenvalue weighted by atomic mass is 35.5. The van der Waals surface area contributed by atoms with Crippen LogP contribution in [0.4, 0.5) is 18.9 Å². The smallest absolute Gasteiger partial charge is 0.416 e. The molecule has 34 heavy (non-hydrogen) atoms. The number of hydrogen-bond acceptors (Lipinski definition) is 5. The maximum absolute atomic E-state index is 13.0. The van der Waals surface area contributed by atoms with E-state index in [0.717, 1.165) is 32.3 Å². The second-order valence-corrected chi connectivity index (χ2v) is 7.81. The predicted molar refractivity (Wildman–Crippen MR) is 118 cm³/mol. The maximum atomic E-state index is 13.0. The number of hydrogen-bond donors (Lipinski definition) is 1. The van der Waals surface area contributed by atoms with Gasteiger partial charge in [-0.2, -0.15) is 13.2 Å². The van der Waals surface area contributed by atoms with Crippen molar-refractivity contribution in [1.82, 2.24) is 19.2 Å². The lowest BCUT2D eigenvalue weighted by atomic mass is 10.1. The van der Waals surface area contributed by atoms with Gasteiger partial charge in [0.2, 0.25) is 11.6 Å². The van der Waals surface area contributed by atoms with E-state index in [1.807, 2.05) is 26.0 Å². The van der Waals surface area contributed by atoms with Crippen molar-refractivity contribution in [1.29, 1.82) is 0 Å². The zero-order valence-electron chi connectivity index (χ0n) is 17.9. The molecule has 0 fully saturated rings. The van der Waals surface area contributed by atoms with E-state index >= 15 is 0 Å². The van der Waals surface area contributed by atoms with Crippen molar-refractivity contribution in [2.24, 2.45) is 0 Å². The largest absolute Gasteiger partial charge is 0.436 e. The number of anilines is 1. The standard InChI is InChI=1S/C22H17ClF3N5O3/c1-12-4-3-5-17(13(12)2)34-20-19-29-31(21(33)30(19)9-8-27-20)11-18(32)28-16-10-14(22(24,25)26)6-7-15(16)23/h3-10H,11H2,1-2H3,(H,28,32). The molecule has 1 amide bonds. The number of aromatic nitrogens is 4. The zero-order valence-corrected chi connectivity index (χ0v) is 18.6. The van der Waals surface area contributed by atoms with E-state index in [9.17, 15) is 22.8 Å². The highest BCUT2D eigenvalue weighted by Gasteiger charge is 2.31. The molecule has 0 aliphatic carbocycles. The van der Waals surface area contributed by atoms with Crippen LogP contribution in [0.1, 0.15) is 16.7 Å². The van der Waals surface area contributed by atoms with E-state index in [4.69, 9.17) is 16.3 Å². The molecule has 2 heterocycles. The third-order valence-electron chi connectivity index (χ3n) is 5.09. The first-order valence-electron chi connectivity index (χ1n) is 9.89. The number of halogens is 4. The molecule has 4 aromatic rings. The molecule has 0 bridgehead atoms. The van der Waals surface area contributed by atoms with Crippen molar-refractivity contribution in [3.63, 3.8) is 0 Å². The Balaban J connectivity index is 1.61. The van der Waals surface area contributed by atoms with Gasteiger partial charge in [0.15, 0.2) is 0 Å². The number of carbonyl (C=O) groups excluding carboxylic acids is 1. The first-order valence-corrected chi connectivity index (χ1v) is 10.3. The number of aryl methyl sites for hydroxylation is 1. The lowest BCUT2D eigenvalue weighted by molar-refractivity contribution is -0.137. The van der Waals surface area contributed by atoms with E-state index in [0.29, 0.717) is 11.8 Å². The van der Waals surface area contributed by atoms with Crippen LogP contribution in [0, 0.1) is 13.8 Å². The second-order valence-electron chi connectivity index (χ2n) is 7.41. The highest BCUT2D eigenvalue weighted by Crippen LogP contribution is 2.34. The molecule has 4 rings (SSSR count). The third kappa shape index (κ3) is 4.60. The number of nitrogens with one attached hydrogen (secondary N) is 1. The van der Waals surface area contributed by atoms with Crippen LogP contribution in [0.25, 0.3) is 5.65 Å². The molecule has 176 valence electrons. The summed E-state index contributed by atoms with van der Waals surface area (Å²) in [6.07, 6.45) is -1.90. The molecule has 0 saturated carbocycles. The monoisotopic (exact) mass is 491 g/mol. The zero-order chi connectivity index (χ0) is 24.6. The molecule has 0 atom stereocenters. The SMILES string of the molecule is Cc1cccc(Oc2nccn3c(=O)n(CC(=O)Nc4cc(C(F)(F)F)ccc4Cl)nc23)c1C. The number of benzene rings is 2. The lowest BCUT2D eigenvalue weighted by Crippen LogP contribution is -2.28. The van der Waals surface area contributed by atoms with Gasteiger partial charge in [0.05, 0.1) is 16.3 Å². The Bertz CT molecular complexity index is 1460. The summed E-state index contributed by atoms with van der Waals surface area (Å²) in [7, 11) is 0. The minimum atomic E-state index is -4.61. The van der Waals surface area contributed by atoms with Crippen LogP contribution < -0.4 is 15.7 Å². The van der Waals surface area contributed by atoms with Gasteiger partial charge in [-0.3, -0.25) is 4.79 Å². The lowest BCUT2D eigenvalue weighted by Gasteiger charge is -2.11. The summed E-state index contributed by atoms with van der Waals surface area (Å²) in [6.45, 7) is 3.22. The van der Waals surface area contributed by atoms with Gasteiger partial charge in [-0.15, -0.1) is 5.10 Å². The Morgan fingerprint density at radius 2 is 1.97 bits per heavy atom. The Labute approximate surface area is 195 Å². The van der Waals surface area contributed by atoms with Gasteiger partial charge in [-0.05, 0) is 49.2 Å². The van der Waals surface area contributed by atoms with Crippen LogP contribution in [0.5, 0.6) is 11.6 Å². The Hall–Kier alpha value is -3.86. The number of fused-ring (bicyclic) bond motifs is 1. The molecule has 1 N–H and O–H groups in total. The minimum absolute atomic E-state index is 0.0494. The first kappa shape index (κ1) is 23.3. The van der Waals surface area contributed by atoms with Crippen LogP contribution in [0.3, 0.4) is 0 Å². The average Bonchev–Trinajstić information content (AvgIpc) is 3.08. The Morgan fingerprint density at radius 1 is 1.21 bits per heavy atom. The van der Waals surface area contributed by atoms with Gasteiger partial charge in [-0.1, -0.05) is 23.7 Å². The van der Waals surface area contributed by atoms with Crippen LogP contribution >= 0.6 is 11.6 Å². The van der Waals surface area contributed by atoms with Gasteiger partial charge >= 0.3 is 11.9 Å². The topological polar surface area (TPSA) is 90.5 Å². The van der Waals surface area contributed by atoms with Gasteiger partial charge in [0.25, 0.3) is 5.88 Å². The molecule has 2 aromatic heterocycles. The Morgan fingerprint density at radius 3 is 2.71 bits per heavy atom. The van der Waals surface area contributed by atoms with E-state index < -0.39 is 29.9 Å². The van der Waals surface area contributed by atoms with E-state index in [-0.39, 0.29) is 22.2 Å². The van der Waals surface area contributed by atoms with Crippen molar-refractivity contribution in [2.75, 3.05) is 5.32 Å². The van der Waals surface area contributed by atoms with Crippen molar-refractivity contribution in [3.05, 3.63) is 81.0 Å². The number of nitrogens with zero attached hydrogens (tertiary/aromatic N) is 4. The van der Waals surface area contributed by atoms with E-state index in [2.05, 4.69) is 15.4 Å². The number of ether oxygens (including phenoxy) is 1. The minimum Gasteiger partial charge on any atom is -0.436 e. The first-order chi connectivity index (χ1) is 16.0. The van der Waals surface area contributed by atoms with Crippen molar-refractivity contribution in [2.45, 2.75) is 26.6 Å². The molecule has 0 spiro atoms. The van der Waals surface area contributed by atoms with Crippen molar-refractivity contribution in [3.8, 4) is 11.6 Å². The fourth-order valence-corrected chi connectivity index (χ4v) is 3.33. The molecular weight excluding hydrogens is 475 g/mol. The summed E-state index contributed by atoms with van der Waals surface area (Å²) in [6, 6.07) is 8.02. The number of alkyl halides is 3. The van der Waals surface area contributed by atoms with Gasteiger partial charge in [0.1, 0.15) is 12.3 Å². The molecule has 0 unspecified atom stereocenters. The van der Waals surface area contributed by atoms with Gasteiger partial charge in [-0.25, -0.2) is 18.9 Å². The molecule has 0 aliphatic rings. The molecule has 12 heteroatoms. The summed E-state index contributed by atoms with van der Waals surface area (Å²) >= 11 is 5.92. The van der Waals surface area contributed by atoms with Crippen LogP contribution in [-0.4, -0.2) is 25.1 Å². The van der Waals surface area contributed by atoms with Crippen LogP contribution in [0.15, 0.2) is 53.6 Å². The van der Waals surface area contributed by atoms with Gasteiger partial charge < -0.3 is 10.1 Å². The van der Waals surface area contributed by atoms with E-state index in [1.165, 1.54) is 12.4 Å². The second kappa shape index (κ2) is 8.82. The fourth-order valence-electron chi connectivity index (χ4n) is 3.16. The third-order valence-corrected chi connectivity index (χ3v) is 5.42. The molecule has 0 aliphatic heterocycles. The number of rotatable bonds is 5. The molecule has 0 saturated heterocycles. The molecule has 2 aromatic carbocycles. The van der Waals surface area contributed by atoms with E-state index in [1.54, 1.807) is 6.07 Å². The van der Waals surface area contributed by atoms with Crippen molar-refractivity contribution < 1.29 is 22.7 Å². The van der Waals surface area contributed by atoms with Gasteiger partial charge in [0, 0.05) is 12.4 Å². The summed E-state index contributed by atoms with van der Waals surface area (Å²) in [5, 5.41) is 6.33. The predicted octanol–water partition coefficient (Wildman–Crippen LogP) is 4.61. The summed E-state index contributed by atoms with van der Waals surface area (Å²) in [4.78, 5) is 29.3. The quantitative estimate of drug-likeness (QED) is 0.440. The fraction of sp³-hybridized carbons (Fsp3) is 0.182. The number of amides is 1. The highest BCUT2D eigenvalue weighted by molar-refractivity contribution is 6.33. The number of carbonyl (C=O) groups is 1. The normalized spacial score (nSPS) is 11.6. The molecular formula is C22H17ClF3N5O3. The maximum Gasteiger partial charge on any atom is 0.416 e. The Kier molecular flexibility index (Phi) is 6.05. The summed E-state index contributed by atoms with van der Waals surface area (Å²) < 4.78 is 46.8. The summed E-state index contributed by atoms with van der Waals surface area (Å²) in [5.41, 5.74) is 0.0739. The van der Waals surface area contributed by atoms with Crippen molar-refractivity contribution >= 4 is 28.8 Å². The molecule has 0 radical (unpaired) electrons.